The lowest BCUT2D eigenvalue weighted by molar-refractivity contribution is 0.414. The zero-order chi connectivity index (χ0) is 18.1. The van der Waals surface area contributed by atoms with Gasteiger partial charge in [-0.25, -0.2) is 13.9 Å². The van der Waals surface area contributed by atoms with Crippen molar-refractivity contribution in [1.29, 1.82) is 0 Å². The molecule has 0 amide bonds. The summed E-state index contributed by atoms with van der Waals surface area (Å²) in [6.45, 7) is 0.637. The summed E-state index contributed by atoms with van der Waals surface area (Å²) in [5.41, 5.74) is 2.63. The fraction of sp³-hybridized carbons (Fsp3) is 0.111. The fourth-order valence-corrected chi connectivity index (χ4v) is 3.49. The monoisotopic (exact) mass is 388 g/mol. The van der Waals surface area contributed by atoms with E-state index in [1.807, 2.05) is 24.3 Å². The zero-order valence-corrected chi connectivity index (χ0v) is 15.3. The highest BCUT2D eigenvalue weighted by Gasteiger charge is 2.13. The van der Waals surface area contributed by atoms with Crippen molar-refractivity contribution in [1.82, 2.24) is 14.6 Å². The van der Waals surface area contributed by atoms with Gasteiger partial charge in [0, 0.05) is 12.1 Å². The number of anilines is 1. The van der Waals surface area contributed by atoms with Crippen molar-refractivity contribution in [2.24, 2.45) is 0 Å². The largest absolute Gasteiger partial charge is 0.497 e. The maximum Gasteiger partial charge on any atom is 0.214 e. The van der Waals surface area contributed by atoms with Gasteiger partial charge in [0.2, 0.25) is 10.1 Å². The van der Waals surface area contributed by atoms with Crippen molar-refractivity contribution in [3.63, 3.8) is 0 Å². The van der Waals surface area contributed by atoms with E-state index < -0.39 is 5.82 Å². The molecule has 0 aliphatic carbocycles. The third-order valence-electron chi connectivity index (χ3n) is 3.90. The maximum absolute atomic E-state index is 13.4. The van der Waals surface area contributed by atoms with Crippen LogP contribution >= 0.6 is 22.9 Å². The van der Waals surface area contributed by atoms with Gasteiger partial charge in [0.15, 0.2) is 0 Å². The summed E-state index contributed by atoms with van der Waals surface area (Å²) in [7, 11) is 1.64. The number of aromatic nitrogens is 3. The SMILES string of the molecule is COc1ccc(CNc2nn3c(-c4ccc(F)c(Cl)c4)cnc3s2)cc1. The molecule has 0 fully saturated rings. The van der Waals surface area contributed by atoms with E-state index in [0.717, 1.165) is 32.7 Å². The number of nitrogens with zero attached hydrogens (tertiary/aromatic N) is 3. The molecule has 1 N–H and O–H groups in total. The molecule has 2 aromatic carbocycles. The summed E-state index contributed by atoms with van der Waals surface area (Å²) in [5, 5.41) is 8.67. The van der Waals surface area contributed by atoms with E-state index in [4.69, 9.17) is 16.3 Å². The first kappa shape index (κ1) is 16.8. The van der Waals surface area contributed by atoms with E-state index in [-0.39, 0.29) is 5.02 Å². The quantitative estimate of drug-likeness (QED) is 0.530. The van der Waals surface area contributed by atoms with E-state index in [0.29, 0.717) is 6.54 Å². The Labute approximate surface area is 158 Å². The third kappa shape index (κ3) is 3.23. The molecular weight excluding hydrogens is 375 g/mol. The summed E-state index contributed by atoms with van der Waals surface area (Å²) in [6, 6.07) is 12.4. The second-order valence-electron chi connectivity index (χ2n) is 5.58. The minimum Gasteiger partial charge on any atom is -0.497 e. The number of imidazole rings is 1. The van der Waals surface area contributed by atoms with E-state index in [1.165, 1.54) is 17.4 Å². The van der Waals surface area contributed by atoms with Crippen LogP contribution in [0.2, 0.25) is 5.02 Å². The molecule has 4 aromatic rings. The molecule has 0 radical (unpaired) electrons. The third-order valence-corrected chi connectivity index (χ3v) is 5.07. The minimum absolute atomic E-state index is 0.0746. The molecule has 0 bridgehead atoms. The van der Waals surface area contributed by atoms with Crippen LogP contribution in [0.3, 0.4) is 0 Å². The van der Waals surface area contributed by atoms with Crippen LogP contribution in [0, 0.1) is 5.82 Å². The topological polar surface area (TPSA) is 51.5 Å². The van der Waals surface area contributed by atoms with Gasteiger partial charge in [0.1, 0.15) is 11.6 Å². The van der Waals surface area contributed by atoms with Crippen molar-refractivity contribution >= 4 is 33.0 Å². The van der Waals surface area contributed by atoms with Gasteiger partial charge in [0.25, 0.3) is 0 Å². The van der Waals surface area contributed by atoms with Crippen LogP contribution in [0.1, 0.15) is 5.56 Å². The number of nitrogens with one attached hydrogen (secondary N) is 1. The molecule has 0 atom stereocenters. The standard InChI is InChI=1S/C18H14ClFN4OS/c1-25-13-5-2-11(3-6-13)9-21-17-23-24-16(10-22-18(24)26-17)12-4-7-15(20)14(19)8-12/h2-8,10H,9H2,1H3,(H,21,23). The highest BCUT2D eigenvalue weighted by atomic mass is 35.5. The number of fused-ring (bicyclic) bond motifs is 1. The number of rotatable bonds is 5. The van der Waals surface area contributed by atoms with Crippen LogP contribution in [0.5, 0.6) is 5.75 Å². The molecule has 2 aromatic heterocycles. The Hall–Kier alpha value is -2.64. The number of methoxy groups -OCH3 is 1. The van der Waals surface area contributed by atoms with E-state index in [1.54, 1.807) is 30.0 Å². The van der Waals surface area contributed by atoms with E-state index >= 15 is 0 Å². The van der Waals surface area contributed by atoms with Crippen LogP contribution in [0.4, 0.5) is 9.52 Å². The van der Waals surface area contributed by atoms with Crippen LogP contribution in [0.15, 0.2) is 48.7 Å². The molecule has 4 rings (SSSR count). The second-order valence-corrected chi connectivity index (χ2v) is 6.94. The Kier molecular flexibility index (Phi) is 4.48. The molecule has 5 nitrogen and oxygen atoms in total. The van der Waals surface area contributed by atoms with Gasteiger partial charge < -0.3 is 10.1 Å². The summed E-state index contributed by atoms with van der Waals surface area (Å²) >= 11 is 7.33. The van der Waals surface area contributed by atoms with Crippen molar-refractivity contribution in [2.75, 3.05) is 12.4 Å². The van der Waals surface area contributed by atoms with E-state index in [9.17, 15) is 4.39 Å². The lowest BCUT2D eigenvalue weighted by atomic mass is 10.2. The normalized spacial score (nSPS) is 11.0. The molecule has 0 spiro atoms. The van der Waals surface area contributed by atoms with Gasteiger partial charge >= 0.3 is 0 Å². The van der Waals surface area contributed by atoms with Gasteiger partial charge in [-0.05, 0) is 35.9 Å². The van der Waals surface area contributed by atoms with Crippen LogP contribution in [-0.4, -0.2) is 21.7 Å². The van der Waals surface area contributed by atoms with Gasteiger partial charge in [0.05, 0.1) is 24.0 Å². The predicted molar refractivity (Wildman–Crippen MR) is 102 cm³/mol. The molecular formula is C18H14ClFN4OS. The van der Waals surface area contributed by atoms with Gasteiger partial charge in [-0.3, -0.25) is 0 Å². The Morgan fingerprint density at radius 3 is 2.77 bits per heavy atom. The Morgan fingerprint density at radius 1 is 1.23 bits per heavy atom. The second kappa shape index (κ2) is 6.93. The maximum atomic E-state index is 13.4. The van der Waals surface area contributed by atoms with Crippen LogP contribution < -0.4 is 10.1 Å². The average Bonchev–Trinajstić information content (AvgIpc) is 3.23. The summed E-state index contributed by atoms with van der Waals surface area (Å²) in [4.78, 5) is 5.12. The van der Waals surface area contributed by atoms with Crippen molar-refractivity contribution in [3.05, 3.63) is 65.1 Å². The zero-order valence-electron chi connectivity index (χ0n) is 13.7. The number of halogens is 2. The molecule has 8 heteroatoms. The molecule has 0 saturated carbocycles. The first-order valence-electron chi connectivity index (χ1n) is 7.81. The Bertz CT molecular complexity index is 1060. The Balaban J connectivity index is 1.56. The molecule has 26 heavy (non-hydrogen) atoms. The predicted octanol–water partition coefficient (Wildman–Crippen LogP) is 4.87. The van der Waals surface area contributed by atoms with Crippen LogP contribution in [-0.2, 0) is 6.54 Å². The highest BCUT2D eigenvalue weighted by molar-refractivity contribution is 7.20. The molecule has 2 heterocycles. The summed E-state index contributed by atoms with van der Waals surface area (Å²) in [5.74, 6) is 0.375. The van der Waals surface area contributed by atoms with Gasteiger partial charge in [-0.1, -0.05) is 35.1 Å². The lowest BCUT2D eigenvalue weighted by Crippen LogP contribution is -2.00. The van der Waals surface area contributed by atoms with Crippen molar-refractivity contribution in [3.8, 4) is 17.0 Å². The number of ether oxygens (including phenoxy) is 1. The summed E-state index contributed by atoms with van der Waals surface area (Å²) in [6.07, 6.45) is 1.70. The number of hydrogen-bond acceptors (Lipinski definition) is 5. The molecule has 0 aliphatic heterocycles. The molecule has 0 unspecified atom stereocenters. The Morgan fingerprint density at radius 2 is 2.04 bits per heavy atom. The van der Waals surface area contributed by atoms with Crippen molar-refractivity contribution < 1.29 is 9.13 Å². The smallest absolute Gasteiger partial charge is 0.214 e. The molecule has 0 aliphatic rings. The molecule has 132 valence electrons. The number of benzene rings is 2. The minimum atomic E-state index is -0.448. The highest BCUT2D eigenvalue weighted by Crippen LogP contribution is 2.28. The van der Waals surface area contributed by atoms with Gasteiger partial charge in [-0.15, -0.1) is 5.10 Å². The summed E-state index contributed by atoms with van der Waals surface area (Å²) < 4.78 is 20.3. The van der Waals surface area contributed by atoms with Crippen molar-refractivity contribution in [2.45, 2.75) is 6.54 Å². The first-order chi connectivity index (χ1) is 12.6. The van der Waals surface area contributed by atoms with Gasteiger partial charge in [-0.2, -0.15) is 0 Å². The lowest BCUT2D eigenvalue weighted by Gasteiger charge is -2.04. The van der Waals surface area contributed by atoms with Crippen LogP contribution in [0.25, 0.3) is 16.2 Å². The average molecular weight is 389 g/mol. The fourth-order valence-electron chi connectivity index (χ4n) is 2.54. The number of hydrogen-bond donors (Lipinski definition) is 1. The molecule has 0 saturated heterocycles. The van der Waals surface area contributed by atoms with E-state index in [2.05, 4.69) is 15.4 Å². The first-order valence-corrected chi connectivity index (χ1v) is 9.00.